The quantitative estimate of drug-likeness (QED) is 0.736. The lowest BCUT2D eigenvalue weighted by molar-refractivity contribution is -0.137. The van der Waals surface area contributed by atoms with Crippen LogP contribution in [-0.4, -0.2) is 36.3 Å². The molecular weight excluding hydrogens is 230 g/mol. The minimum Gasteiger partial charge on any atom is -0.330 e. The van der Waals surface area contributed by atoms with Crippen molar-refractivity contribution in [2.24, 2.45) is 5.73 Å². The Balaban J connectivity index is 2.19. The summed E-state index contributed by atoms with van der Waals surface area (Å²) in [5.74, 6) is -0.492. The van der Waals surface area contributed by atoms with E-state index < -0.39 is 0 Å². The van der Waals surface area contributed by atoms with Gasteiger partial charge in [-0.05, 0) is 18.5 Å². The largest absolute Gasteiger partial charge is 0.330 e. The molecule has 1 aliphatic rings. The summed E-state index contributed by atoms with van der Waals surface area (Å²) in [6.07, 6.45) is 0.727. The first-order valence-electron chi connectivity index (χ1n) is 6.02. The monoisotopic (exact) mass is 247 g/mol. The number of benzene rings is 1. The van der Waals surface area contributed by atoms with Crippen molar-refractivity contribution >= 4 is 11.8 Å². The van der Waals surface area contributed by atoms with Gasteiger partial charge in [0.25, 0.3) is 0 Å². The molecule has 1 fully saturated rings. The summed E-state index contributed by atoms with van der Waals surface area (Å²) in [6.45, 7) is 1.00. The summed E-state index contributed by atoms with van der Waals surface area (Å²) < 4.78 is 0. The average Bonchev–Trinajstić information content (AvgIpc) is 2.36. The smallest absolute Gasteiger partial charge is 0.240 e. The molecule has 0 aromatic heterocycles. The van der Waals surface area contributed by atoms with Crippen molar-refractivity contribution in [2.75, 3.05) is 19.6 Å². The lowest BCUT2D eigenvalue weighted by Gasteiger charge is -2.33. The van der Waals surface area contributed by atoms with E-state index in [1.165, 1.54) is 0 Å². The van der Waals surface area contributed by atoms with Gasteiger partial charge >= 0.3 is 0 Å². The molecule has 0 saturated carbocycles. The third-order valence-electron chi connectivity index (χ3n) is 3.04. The Hall–Kier alpha value is -1.72. The Morgan fingerprint density at radius 3 is 2.33 bits per heavy atom. The van der Waals surface area contributed by atoms with E-state index in [-0.39, 0.29) is 30.9 Å². The molecule has 5 nitrogen and oxygen atoms in total. The van der Waals surface area contributed by atoms with Gasteiger partial charge in [0, 0.05) is 6.04 Å². The molecule has 0 aliphatic carbocycles. The molecule has 1 atom stereocenters. The molecule has 0 radical (unpaired) electrons. The van der Waals surface area contributed by atoms with Crippen LogP contribution < -0.4 is 11.1 Å². The van der Waals surface area contributed by atoms with Gasteiger partial charge in [-0.2, -0.15) is 0 Å². The lowest BCUT2D eigenvalue weighted by Crippen LogP contribution is -2.52. The van der Waals surface area contributed by atoms with E-state index in [0.29, 0.717) is 6.54 Å². The molecule has 1 heterocycles. The van der Waals surface area contributed by atoms with E-state index in [1.807, 2.05) is 35.2 Å². The van der Waals surface area contributed by atoms with Crippen LogP contribution in [0, 0.1) is 0 Å². The van der Waals surface area contributed by atoms with Crippen molar-refractivity contribution in [1.29, 1.82) is 0 Å². The van der Waals surface area contributed by atoms with Gasteiger partial charge in [-0.3, -0.25) is 19.8 Å². The normalized spacial score (nSPS) is 18.5. The van der Waals surface area contributed by atoms with E-state index in [9.17, 15) is 9.59 Å². The number of piperazine rings is 1. The fourth-order valence-electron chi connectivity index (χ4n) is 2.27. The second-order valence-electron chi connectivity index (χ2n) is 4.38. The van der Waals surface area contributed by atoms with Gasteiger partial charge in [0.05, 0.1) is 13.1 Å². The number of nitrogens with one attached hydrogen (secondary N) is 1. The number of carbonyl (C=O) groups is 2. The van der Waals surface area contributed by atoms with E-state index in [2.05, 4.69) is 5.32 Å². The fraction of sp³-hybridized carbons (Fsp3) is 0.385. The zero-order valence-electron chi connectivity index (χ0n) is 10.1. The lowest BCUT2D eigenvalue weighted by atomic mass is 10.0. The molecule has 1 aliphatic heterocycles. The summed E-state index contributed by atoms with van der Waals surface area (Å²) in [6, 6.07) is 9.85. The van der Waals surface area contributed by atoms with E-state index in [4.69, 9.17) is 5.73 Å². The maximum Gasteiger partial charge on any atom is 0.240 e. The summed E-state index contributed by atoms with van der Waals surface area (Å²) in [5.41, 5.74) is 6.72. The molecule has 2 amide bonds. The topological polar surface area (TPSA) is 75.4 Å². The highest BCUT2D eigenvalue weighted by Gasteiger charge is 2.28. The van der Waals surface area contributed by atoms with Crippen molar-refractivity contribution in [3.8, 4) is 0 Å². The first-order chi connectivity index (χ1) is 8.70. The van der Waals surface area contributed by atoms with E-state index >= 15 is 0 Å². The molecule has 1 aromatic carbocycles. The summed E-state index contributed by atoms with van der Waals surface area (Å²) in [4.78, 5) is 24.7. The first kappa shape index (κ1) is 12.7. The van der Waals surface area contributed by atoms with Crippen LogP contribution >= 0.6 is 0 Å². The Kier molecular flexibility index (Phi) is 4.07. The maximum absolute atomic E-state index is 11.4. The van der Waals surface area contributed by atoms with Crippen LogP contribution in [0.1, 0.15) is 18.0 Å². The highest BCUT2D eigenvalue weighted by atomic mass is 16.2. The van der Waals surface area contributed by atoms with Gasteiger partial charge in [0.15, 0.2) is 0 Å². The molecule has 2 rings (SSSR count). The van der Waals surface area contributed by atoms with Gasteiger partial charge in [0.2, 0.25) is 11.8 Å². The SMILES string of the molecule is NCCC(c1ccccc1)N1CC(=O)NC(=O)C1. The molecule has 5 heteroatoms. The van der Waals surface area contributed by atoms with Crippen LogP contribution in [0.2, 0.25) is 0 Å². The van der Waals surface area contributed by atoms with Gasteiger partial charge in [-0.25, -0.2) is 0 Å². The van der Waals surface area contributed by atoms with Crippen molar-refractivity contribution in [3.05, 3.63) is 35.9 Å². The molecule has 3 N–H and O–H groups in total. The average molecular weight is 247 g/mol. The minimum absolute atomic E-state index is 0.0196. The van der Waals surface area contributed by atoms with Crippen LogP contribution in [0.4, 0.5) is 0 Å². The molecule has 96 valence electrons. The number of hydrogen-bond donors (Lipinski definition) is 2. The third-order valence-corrected chi connectivity index (χ3v) is 3.04. The van der Waals surface area contributed by atoms with Crippen LogP contribution in [-0.2, 0) is 9.59 Å². The minimum atomic E-state index is -0.246. The Labute approximate surface area is 106 Å². The Bertz CT molecular complexity index is 417. The van der Waals surface area contributed by atoms with Gasteiger partial charge in [-0.15, -0.1) is 0 Å². The number of imide groups is 1. The second-order valence-corrected chi connectivity index (χ2v) is 4.38. The van der Waals surface area contributed by atoms with Crippen molar-refractivity contribution in [1.82, 2.24) is 10.2 Å². The predicted octanol–water partition coefficient (Wildman–Crippen LogP) is 0.0349. The molecule has 18 heavy (non-hydrogen) atoms. The van der Waals surface area contributed by atoms with Crippen LogP contribution in [0.3, 0.4) is 0 Å². The molecule has 1 saturated heterocycles. The highest BCUT2D eigenvalue weighted by Crippen LogP contribution is 2.24. The van der Waals surface area contributed by atoms with Crippen LogP contribution in [0.15, 0.2) is 30.3 Å². The number of hydrogen-bond acceptors (Lipinski definition) is 4. The van der Waals surface area contributed by atoms with E-state index in [1.54, 1.807) is 0 Å². The highest BCUT2D eigenvalue weighted by molar-refractivity contribution is 5.99. The summed E-state index contributed by atoms with van der Waals surface area (Å²) in [7, 11) is 0. The number of nitrogens with zero attached hydrogens (tertiary/aromatic N) is 1. The fourth-order valence-corrected chi connectivity index (χ4v) is 2.27. The zero-order chi connectivity index (χ0) is 13.0. The number of nitrogens with two attached hydrogens (primary N) is 1. The second kappa shape index (κ2) is 5.75. The predicted molar refractivity (Wildman–Crippen MR) is 67.6 cm³/mol. The van der Waals surface area contributed by atoms with Crippen molar-refractivity contribution < 1.29 is 9.59 Å². The number of amides is 2. The zero-order valence-corrected chi connectivity index (χ0v) is 10.1. The molecule has 1 unspecified atom stereocenters. The summed E-state index contributed by atoms with van der Waals surface area (Å²) in [5, 5.41) is 2.31. The first-order valence-corrected chi connectivity index (χ1v) is 6.02. The van der Waals surface area contributed by atoms with Gasteiger partial charge in [0.1, 0.15) is 0 Å². The standard InChI is InChI=1S/C13H17N3O2/c14-7-6-11(10-4-2-1-3-5-10)16-8-12(17)15-13(18)9-16/h1-5,11H,6-9,14H2,(H,15,17,18). The molecule has 1 aromatic rings. The summed E-state index contributed by atoms with van der Waals surface area (Å²) >= 11 is 0. The Morgan fingerprint density at radius 1 is 1.17 bits per heavy atom. The van der Waals surface area contributed by atoms with Crippen molar-refractivity contribution in [2.45, 2.75) is 12.5 Å². The van der Waals surface area contributed by atoms with Crippen molar-refractivity contribution in [3.63, 3.8) is 0 Å². The maximum atomic E-state index is 11.4. The third kappa shape index (κ3) is 2.94. The molecular formula is C13H17N3O2. The number of rotatable bonds is 4. The van der Waals surface area contributed by atoms with Gasteiger partial charge in [-0.1, -0.05) is 30.3 Å². The molecule has 0 spiro atoms. The van der Waals surface area contributed by atoms with E-state index in [0.717, 1.165) is 12.0 Å². The Morgan fingerprint density at radius 2 is 1.78 bits per heavy atom. The number of carbonyl (C=O) groups excluding carboxylic acids is 2. The van der Waals surface area contributed by atoms with Crippen LogP contribution in [0.5, 0.6) is 0 Å². The molecule has 0 bridgehead atoms. The van der Waals surface area contributed by atoms with Crippen LogP contribution in [0.25, 0.3) is 0 Å². The van der Waals surface area contributed by atoms with Gasteiger partial charge < -0.3 is 5.73 Å².